The number of aromatic nitrogens is 2. The van der Waals surface area contributed by atoms with Gasteiger partial charge in [0.2, 0.25) is 0 Å². The van der Waals surface area contributed by atoms with Gasteiger partial charge < -0.3 is 5.32 Å². The van der Waals surface area contributed by atoms with Crippen molar-refractivity contribution in [2.75, 3.05) is 7.05 Å². The fourth-order valence-electron chi connectivity index (χ4n) is 3.06. The Morgan fingerprint density at radius 3 is 2.50 bits per heavy atom. The normalized spacial score (nSPS) is 15.5. The number of hydrogen-bond acceptors (Lipinski definition) is 4. The lowest BCUT2D eigenvalue weighted by molar-refractivity contribution is 0.0963. The number of carbonyl (C=O) groups excluding carboxylic acids is 1. The lowest BCUT2D eigenvalue weighted by Gasteiger charge is -2.09. The molecule has 0 saturated heterocycles. The first kappa shape index (κ1) is 16.7. The summed E-state index contributed by atoms with van der Waals surface area (Å²) in [5.41, 5.74) is 0.985. The third-order valence-electron chi connectivity index (χ3n) is 4.40. The van der Waals surface area contributed by atoms with Crippen LogP contribution in [-0.2, 0) is 15.6 Å². The average Bonchev–Trinajstić information content (AvgIpc) is 3.25. The summed E-state index contributed by atoms with van der Waals surface area (Å²) in [6, 6.07) is 8.13. The van der Waals surface area contributed by atoms with Crippen LogP contribution in [0.1, 0.15) is 47.8 Å². The molecule has 0 radical (unpaired) electrons. The molecule has 1 aromatic heterocycles. The zero-order valence-electron chi connectivity index (χ0n) is 13.6. The molecule has 0 atom stereocenters. The summed E-state index contributed by atoms with van der Waals surface area (Å²) in [6.45, 7) is 0. The van der Waals surface area contributed by atoms with Crippen LogP contribution in [0, 0.1) is 0 Å². The molecule has 2 aromatic rings. The van der Waals surface area contributed by atoms with Gasteiger partial charge in [-0.3, -0.25) is 9.48 Å². The van der Waals surface area contributed by atoms with Gasteiger partial charge in [-0.2, -0.15) is 5.10 Å². The Kier molecular flexibility index (Phi) is 4.71. The van der Waals surface area contributed by atoms with Gasteiger partial charge in [0.15, 0.2) is 9.84 Å². The quantitative estimate of drug-likeness (QED) is 0.900. The van der Waals surface area contributed by atoms with Gasteiger partial charge in [-0.05, 0) is 43.2 Å². The van der Waals surface area contributed by atoms with E-state index in [0.717, 1.165) is 12.8 Å². The number of hydrogen-bond donors (Lipinski definition) is 1. The maximum absolute atomic E-state index is 12.5. The van der Waals surface area contributed by atoms with Gasteiger partial charge in [0.1, 0.15) is 0 Å². The Balaban J connectivity index is 1.75. The summed E-state index contributed by atoms with van der Waals surface area (Å²) >= 11 is 0. The number of carbonyl (C=O) groups is 1. The highest BCUT2D eigenvalue weighted by atomic mass is 32.2. The van der Waals surface area contributed by atoms with E-state index in [1.165, 1.54) is 44.2 Å². The second kappa shape index (κ2) is 6.76. The monoisotopic (exact) mass is 347 g/mol. The Morgan fingerprint density at radius 2 is 1.88 bits per heavy atom. The van der Waals surface area contributed by atoms with E-state index in [1.54, 1.807) is 6.07 Å². The minimum Gasteiger partial charge on any atom is -0.355 e. The van der Waals surface area contributed by atoms with Crippen molar-refractivity contribution in [3.8, 4) is 0 Å². The topological polar surface area (TPSA) is 81.1 Å². The summed E-state index contributed by atoms with van der Waals surface area (Å²) in [6.07, 6.45) is 6.49. The molecule has 1 aromatic carbocycles. The molecule has 1 saturated carbocycles. The lowest BCUT2D eigenvalue weighted by Crippen LogP contribution is -2.17. The van der Waals surface area contributed by atoms with E-state index in [1.807, 2.05) is 10.9 Å². The molecule has 1 aliphatic carbocycles. The second-order valence-corrected chi connectivity index (χ2v) is 8.08. The van der Waals surface area contributed by atoms with Gasteiger partial charge in [0.05, 0.1) is 22.4 Å². The highest BCUT2D eigenvalue weighted by molar-refractivity contribution is 7.90. The number of sulfone groups is 1. The van der Waals surface area contributed by atoms with Crippen LogP contribution in [0.2, 0.25) is 0 Å². The van der Waals surface area contributed by atoms with Crippen molar-refractivity contribution in [1.29, 1.82) is 0 Å². The predicted octanol–water partition coefficient (Wildman–Crippen LogP) is 2.33. The molecular formula is C17H21N3O3S. The lowest BCUT2D eigenvalue weighted by atomic mass is 10.2. The Bertz CT molecular complexity index is 819. The molecule has 6 nitrogen and oxygen atoms in total. The highest BCUT2D eigenvalue weighted by Crippen LogP contribution is 2.29. The number of nitrogens with zero attached hydrogens (tertiary/aromatic N) is 2. The van der Waals surface area contributed by atoms with Crippen LogP contribution in [0.5, 0.6) is 0 Å². The summed E-state index contributed by atoms with van der Waals surface area (Å²) in [7, 11) is -1.94. The fraction of sp³-hybridized carbons (Fsp3) is 0.412. The largest absolute Gasteiger partial charge is 0.355 e. The molecule has 0 aliphatic heterocycles. The molecule has 1 amide bonds. The zero-order chi connectivity index (χ0) is 17.2. The van der Waals surface area contributed by atoms with Crippen molar-refractivity contribution >= 4 is 15.7 Å². The summed E-state index contributed by atoms with van der Waals surface area (Å²) in [5.74, 6) is -0.374. The molecule has 1 N–H and O–H groups in total. The smallest absolute Gasteiger partial charge is 0.251 e. The van der Waals surface area contributed by atoms with Crippen molar-refractivity contribution < 1.29 is 13.2 Å². The van der Waals surface area contributed by atoms with E-state index in [2.05, 4.69) is 10.4 Å². The van der Waals surface area contributed by atoms with E-state index in [0.29, 0.717) is 17.3 Å². The standard InChI is InChI=1S/C17H21N3O3S/c1-18-17(21)13-6-8-16(9-7-13)24(22,23)12-14-10-11-20(19-14)15-4-2-3-5-15/h6-11,15H,2-5,12H2,1H3,(H,18,21). The molecule has 7 heteroatoms. The fourth-order valence-corrected chi connectivity index (χ4v) is 4.32. The summed E-state index contributed by atoms with van der Waals surface area (Å²) < 4.78 is 27.0. The van der Waals surface area contributed by atoms with Gasteiger partial charge in [0, 0.05) is 18.8 Å². The molecule has 1 heterocycles. The van der Waals surface area contributed by atoms with Crippen LogP contribution in [0.25, 0.3) is 0 Å². The van der Waals surface area contributed by atoms with Crippen LogP contribution in [-0.4, -0.2) is 31.2 Å². The van der Waals surface area contributed by atoms with Crippen LogP contribution in [0.4, 0.5) is 0 Å². The molecule has 3 rings (SSSR count). The van der Waals surface area contributed by atoms with E-state index in [9.17, 15) is 13.2 Å². The summed E-state index contributed by atoms with van der Waals surface area (Å²) in [5, 5.41) is 6.94. The van der Waals surface area contributed by atoms with Crippen LogP contribution in [0.3, 0.4) is 0 Å². The van der Waals surface area contributed by atoms with Crippen LogP contribution >= 0.6 is 0 Å². The van der Waals surface area contributed by atoms with Gasteiger partial charge in [-0.15, -0.1) is 0 Å². The van der Waals surface area contributed by atoms with Crippen molar-refractivity contribution in [3.63, 3.8) is 0 Å². The van der Waals surface area contributed by atoms with Gasteiger partial charge >= 0.3 is 0 Å². The maximum atomic E-state index is 12.5. The molecule has 0 spiro atoms. The molecule has 24 heavy (non-hydrogen) atoms. The predicted molar refractivity (Wildman–Crippen MR) is 90.5 cm³/mol. The Morgan fingerprint density at radius 1 is 1.21 bits per heavy atom. The van der Waals surface area contributed by atoms with E-state index < -0.39 is 9.84 Å². The highest BCUT2D eigenvalue weighted by Gasteiger charge is 2.21. The minimum atomic E-state index is -3.48. The average molecular weight is 347 g/mol. The Hall–Kier alpha value is -2.15. The molecular weight excluding hydrogens is 326 g/mol. The van der Waals surface area contributed by atoms with Gasteiger partial charge in [0.25, 0.3) is 5.91 Å². The van der Waals surface area contributed by atoms with Crippen molar-refractivity contribution in [1.82, 2.24) is 15.1 Å². The third kappa shape index (κ3) is 3.51. The van der Waals surface area contributed by atoms with E-state index >= 15 is 0 Å². The number of benzene rings is 1. The first-order valence-electron chi connectivity index (χ1n) is 8.08. The molecule has 1 fully saturated rings. The molecule has 0 unspecified atom stereocenters. The molecule has 0 bridgehead atoms. The SMILES string of the molecule is CNC(=O)c1ccc(S(=O)(=O)Cc2ccn(C3CCCC3)n2)cc1. The number of nitrogens with one attached hydrogen (secondary N) is 1. The molecule has 128 valence electrons. The van der Waals surface area contributed by atoms with Crippen LogP contribution in [0.15, 0.2) is 41.4 Å². The maximum Gasteiger partial charge on any atom is 0.251 e. The summed E-state index contributed by atoms with van der Waals surface area (Å²) in [4.78, 5) is 11.7. The van der Waals surface area contributed by atoms with E-state index in [4.69, 9.17) is 0 Å². The number of amides is 1. The molecule has 1 aliphatic rings. The van der Waals surface area contributed by atoms with Gasteiger partial charge in [-0.25, -0.2) is 8.42 Å². The first-order valence-corrected chi connectivity index (χ1v) is 9.74. The third-order valence-corrected chi connectivity index (χ3v) is 6.07. The zero-order valence-corrected chi connectivity index (χ0v) is 14.4. The van der Waals surface area contributed by atoms with Crippen molar-refractivity contribution in [2.45, 2.75) is 42.4 Å². The Labute approximate surface area is 141 Å². The minimum absolute atomic E-state index is 0.133. The van der Waals surface area contributed by atoms with Crippen LogP contribution < -0.4 is 5.32 Å². The van der Waals surface area contributed by atoms with E-state index in [-0.39, 0.29) is 16.6 Å². The van der Waals surface area contributed by atoms with Gasteiger partial charge in [-0.1, -0.05) is 12.8 Å². The first-order chi connectivity index (χ1) is 11.5. The van der Waals surface area contributed by atoms with Crippen molar-refractivity contribution in [3.05, 3.63) is 47.8 Å². The second-order valence-electron chi connectivity index (χ2n) is 6.09. The van der Waals surface area contributed by atoms with Crippen molar-refractivity contribution in [2.24, 2.45) is 0 Å². The number of rotatable bonds is 5.